The molecule has 4 aromatic rings. The Morgan fingerprint density at radius 1 is 1.18 bits per heavy atom. The van der Waals surface area contributed by atoms with E-state index in [2.05, 4.69) is 35.7 Å². The Morgan fingerprint density at radius 3 is 2.89 bits per heavy atom. The van der Waals surface area contributed by atoms with Crippen molar-refractivity contribution < 1.29 is 9.30 Å². The highest BCUT2D eigenvalue weighted by molar-refractivity contribution is 7.19. The van der Waals surface area contributed by atoms with Crippen LogP contribution in [0.2, 0.25) is 0 Å². The van der Waals surface area contributed by atoms with E-state index >= 15 is 0 Å². The second kappa shape index (κ2) is 5.98. The summed E-state index contributed by atoms with van der Waals surface area (Å²) >= 11 is 1.83. The van der Waals surface area contributed by atoms with Crippen molar-refractivity contribution in [2.24, 2.45) is 7.05 Å². The predicted molar refractivity (Wildman–Crippen MR) is 112 cm³/mol. The lowest BCUT2D eigenvalue weighted by atomic mass is 9.87. The highest BCUT2D eigenvalue weighted by atomic mass is 32.1. The Morgan fingerprint density at radius 2 is 2.04 bits per heavy atom. The lowest BCUT2D eigenvalue weighted by molar-refractivity contribution is -0.662. The topological polar surface area (TPSA) is 38.9 Å². The van der Waals surface area contributed by atoms with Crippen LogP contribution in [0.1, 0.15) is 48.5 Å². The molecule has 0 N–H and O–H groups in total. The van der Waals surface area contributed by atoms with Crippen LogP contribution in [0.4, 0.5) is 0 Å². The van der Waals surface area contributed by atoms with Crippen LogP contribution in [0.5, 0.6) is 11.5 Å². The summed E-state index contributed by atoms with van der Waals surface area (Å²) in [5.41, 5.74) is 4.61. The average Bonchev–Trinajstić information content (AvgIpc) is 3.10. The van der Waals surface area contributed by atoms with Gasteiger partial charge in [-0.05, 0) is 42.3 Å². The molecule has 0 atom stereocenters. The summed E-state index contributed by atoms with van der Waals surface area (Å²) in [6.07, 6.45) is 10.3. The molecule has 0 unspecified atom stereocenters. The van der Waals surface area contributed by atoms with Gasteiger partial charge in [0.15, 0.2) is 11.4 Å². The van der Waals surface area contributed by atoms with E-state index in [1.54, 1.807) is 0 Å². The molecule has 1 fully saturated rings. The van der Waals surface area contributed by atoms with Gasteiger partial charge >= 0.3 is 0 Å². The number of hydrogen-bond acceptors (Lipinski definition) is 4. The lowest BCUT2D eigenvalue weighted by Gasteiger charge is -2.24. The number of aryl methyl sites for hydroxylation is 2. The van der Waals surface area contributed by atoms with Crippen LogP contribution >= 0.6 is 11.3 Å². The van der Waals surface area contributed by atoms with Crippen molar-refractivity contribution in [3.05, 3.63) is 41.2 Å². The van der Waals surface area contributed by atoms with Crippen LogP contribution in [0.3, 0.4) is 0 Å². The molecule has 2 aliphatic rings. The third-order valence-electron chi connectivity index (χ3n) is 6.37. The summed E-state index contributed by atoms with van der Waals surface area (Å²) < 4.78 is 8.79. The molecule has 0 amide bonds. The first-order valence-electron chi connectivity index (χ1n) is 10.1. The second-order valence-electron chi connectivity index (χ2n) is 8.06. The first kappa shape index (κ1) is 16.4. The van der Waals surface area contributed by atoms with Gasteiger partial charge in [-0.2, -0.15) is 0 Å². The van der Waals surface area contributed by atoms with Crippen molar-refractivity contribution in [1.29, 1.82) is 0 Å². The quantitative estimate of drug-likeness (QED) is 0.341. The van der Waals surface area contributed by atoms with Crippen LogP contribution < -0.4 is 9.30 Å². The molecule has 28 heavy (non-hydrogen) atoms. The normalized spacial score (nSPS) is 16.4. The molecule has 1 saturated carbocycles. The highest BCUT2D eigenvalue weighted by Gasteiger charge is 2.35. The fourth-order valence-corrected chi connectivity index (χ4v) is 6.22. The third-order valence-corrected chi connectivity index (χ3v) is 7.61. The number of aromatic nitrogens is 3. The van der Waals surface area contributed by atoms with Crippen molar-refractivity contribution in [2.45, 2.75) is 44.9 Å². The maximum Gasteiger partial charge on any atom is 0.288 e. The Labute approximate surface area is 167 Å². The first-order valence-corrected chi connectivity index (χ1v) is 10.9. The van der Waals surface area contributed by atoms with Crippen molar-refractivity contribution in [3.63, 3.8) is 0 Å². The molecule has 1 aliphatic carbocycles. The zero-order chi connectivity index (χ0) is 18.8. The van der Waals surface area contributed by atoms with E-state index in [9.17, 15) is 0 Å². The van der Waals surface area contributed by atoms with Crippen molar-refractivity contribution >= 4 is 32.5 Å². The minimum absolute atomic E-state index is 0.599. The van der Waals surface area contributed by atoms with Crippen LogP contribution in [0.15, 0.2) is 30.7 Å². The number of fused-ring (bicyclic) bond motifs is 3. The standard InChI is InChI=1S/C23H22N3OS/c1-13-15-9-6-10-24-16(15)11-17-18(13)20-19-21(27-17)22(14-7-4-3-5-8-14)28-23(19)25-12-26(20)2/h6,9-12,14H,3-5,7-8H2,1-2H3/q+1. The molecule has 0 radical (unpaired) electrons. The van der Waals surface area contributed by atoms with E-state index in [-0.39, 0.29) is 0 Å². The van der Waals surface area contributed by atoms with Crippen LogP contribution in [-0.2, 0) is 7.05 Å². The van der Waals surface area contributed by atoms with E-state index in [0.29, 0.717) is 5.92 Å². The van der Waals surface area contributed by atoms with E-state index in [1.165, 1.54) is 64.6 Å². The number of nitrogens with zero attached hydrogens (tertiary/aromatic N) is 3. The molecule has 4 nitrogen and oxygen atoms in total. The van der Waals surface area contributed by atoms with Gasteiger partial charge in [0.25, 0.3) is 6.33 Å². The Kier molecular flexibility index (Phi) is 3.51. The lowest BCUT2D eigenvalue weighted by Crippen LogP contribution is -2.32. The van der Waals surface area contributed by atoms with Gasteiger partial charge in [-0.15, -0.1) is 0 Å². The highest BCUT2D eigenvalue weighted by Crippen LogP contribution is 2.54. The number of pyridine rings is 1. The molecule has 140 valence electrons. The number of hydrogen-bond donors (Lipinski definition) is 0. The van der Waals surface area contributed by atoms with Crippen LogP contribution in [0.25, 0.3) is 32.4 Å². The zero-order valence-corrected chi connectivity index (χ0v) is 17.0. The first-order chi connectivity index (χ1) is 13.7. The number of ether oxygens (including phenoxy) is 1. The summed E-state index contributed by atoms with van der Waals surface area (Å²) in [5.74, 6) is 2.57. The van der Waals surface area contributed by atoms with Crippen molar-refractivity contribution in [3.8, 4) is 22.8 Å². The van der Waals surface area contributed by atoms with E-state index in [0.717, 1.165) is 21.8 Å². The average molecular weight is 389 g/mol. The van der Waals surface area contributed by atoms with Gasteiger partial charge in [-0.25, -0.2) is 4.57 Å². The molecule has 1 aromatic carbocycles. The molecular formula is C23H22N3OS+. The summed E-state index contributed by atoms with van der Waals surface area (Å²) in [5, 5.41) is 2.37. The Bertz CT molecular complexity index is 1250. The molecule has 3 aromatic heterocycles. The maximum absolute atomic E-state index is 6.63. The van der Waals surface area contributed by atoms with Gasteiger partial charge in [0.1, 0.15) is 11.1 Å². The monoisotopic (exact) mass is 388 g/mol. The fourth-order valence-electron chi connectivity index (χ4n) is 4.98. The number of benzene rings is 1. The van der Waals surface area contributed by atoms with Gasteiger partial charge in [0.05, 0.1) is 23.0 Å². The van der Waals surface area contributed by atoms with Crippen molar-refractivity contribution in [2.75, 3.05) is 0 Å². The van der Waals surface area contributed by atoms with Gasteiger partial charge < -0.3 is 4.74 Å². The van der Waals surface area contributed by atoms with Gasteiger partial charge in [-0.3, -0.25) is 4.98 Å². The second-order valence-corrected chi connectivity index (χ2v) is 9.09. The van der Waals surface area contributed by atoms with Gasteiger partial charge in [0, 0.05) is 17.6 Å². The van der Waals surface area contributed by atoms with Crippen LogP contribution in [-0.4, -0.2) is 9.97 Å². The molecule has 5 heteroatoms. The van der Waals surface area contributed by atoms with Gasteiger partial charge in [0.2, 0.25) is 4.83 Å². The van der Waals surface area contributed by atoms with Gasteiger partial charge in [-0.1, -0.05) is 36.7 Å². The summed E-state index contributed by atoms with van der Waals surface area (Å²) in [6, 6.07) is 6.26. The summed E-state index contributed by atoms with van der Waals surface area (Å²) in [6.45, 7) is 2.18. The SMILES string of the molecule is Cc1c2c(cc3ncccc13)Oc1c(C3CCCCC3)sc3nc[n+](C)c-2c13. The molecule has 0 spiro atoms. The third kappa shape index (κ3) is 2.20. The fraction of sp³-hybridized carbons (Fsp3) is 0.348. The van der Waals surface area contributed by atoms with E-state index in [4.69, 9.17) is 9.72 Å². The molecule has 0 bridgehead atoms. The Hall–Kier alpha value is -2.53. The molecular weight excluding hydrogens is 366 g/mol. The number of thiophene rings is 1. The summed E-state index contributed by atoms with van der Waals surface area (Å²) in [4.78, 5) is 11.8. The smallest absolute Gasteiger partial charge is 0.288 e. The molecule has 1 aliphatic heterocycles. The number of rotatable bonds is 1. The minimum atomic E-state index is 0.599. The zero-order valence-electron chi connectivity index (χ0n) is 16.2. The maximum atomic E-state index is 6.63. The van der Waals surface area contributed by atoms with Crippen molar-refractivity contribution in [1.82, 2.24) is 9.97 Å². The largest absolute Gasteiger partial charge is 0.454 e. The Balaban J connectivity index is 1.69. The van der Waals surface area contributed by atoms with E-state index in [1.807, 2.05) is 29.9 Å². The summed E-state index contributed by atoms with van der Waals surface area (Å²) in [7, 11) is 2.09. The van der Waals surface area contributed by atoms with Crippen LogP contribution in [0, 0.1) is 6.92 Å². The minimum Gasteiger partial charge on any atom is -0.454 e. The molecule has 0 saturated heterocycles. The molecule has 4 heterocycles. The molecule has 6 rings (SSSR count). The predicted octanol–water partition coefficient (Wildman–Crippen LogP) is 5.80. The van der Waals surface area contributed by atoms with E-state index < -0.39 is 0 Å².